The third kappa shape index (κ3) is 9.66. The van der Waals surface area contributed by atoms with Gasteiger partial charge in [0.05, 0.1) is 0 Å². The zero-order chi connectivity index (χ0) is 30.4. The van der Waals surface area contributed by atoms with Crippen LogP contribution in [0.25, 0.3) is 11.1 Å². The van der Waals surface area contributed by atoms with Crippen molar-refractivity contribution in [1.29, 1.82) is 0 Å². The number of carbonyl (C=O) groups is 1. The zero-order valence-corrected chi connectivity index (χ0v) is 25.7. The molecule has 1 saturated heterocycles. The normalized spacial score (nSPS) is 13.8. The first kappa shape index (κ1) is 33.4. The van der Waals surface area contributed by atoms with Crippen LogP contribution in [0.1, 0.15) is 76.8 Å². The minimum atomic E-state index is -0.412. The van der Waals surface area contributed by atoms with E-state index in [1.165, 1.54) is 62.3 Å². The number of hydrogen-bond acceptors (Lipinski definition) is 5. The van der Waals surface area contributed by atoms with Crippen molar-refractivity contribution in [2.45, 2.75) is 72.6 Å². The minimum Gasteiger partial charge on any atom is -0.508 e. The number of nitrogens with zero attached hydrogens (tertiary/aromatic N) is 1. The first-order chi connectivity index (χ1) is 19.9. The molecule has 5 rings (SSSR count). The third-order valence-electron chi connectivity index (χ3n) is 7.38. The fraction of sp³-hybridized carbons (Fsp3) is 0.400. The number of rotatable bonds is 7. The standard InChI is InChI=1S/C18H26N2.C14H14FNO.C2H6.CH2O/c1-3-14(2)15-8-10-17(11-9-15)19-18(16-6-7-16)20-12-4-5-13-20;1-9-7-12(13(15)8-14(9)17)10-3-5-11(16-2)6-4-10;2*1-2/h8-11,14,19H,3-7,12-13H2,1-2H3;3-8,16-17H,1-2H3;1-2H3;1H2. The van der Waals surface area contributed by atoms with Crippen LogP contribution in [-0.4, -0.2) is 36.9 Å². The van der Waals surface area contributed by atoms with E-state index in [1.807, 2.05) is 51.9 Å². The Morgan fingerprint density at radius 1 is 0.976 bits per heavy atom. The van der Waals surface area contributed by atoms with Gasteiger partial charge in [-0.2, -0.15) is 0 Å². The molecule has 2 aliphatic rings. The molecule has 222 valence electrons. The summed E-state index contributed by atoms with van der Waals surface area (Å²) >= 11 is 0. The average Bonchev–Trinajstić information content (AvgIpc) is 3.72. The van der Waals surface area contributed by atoms with E-state index < -0.39 is 5.82 Å². The molecule has 0 radical (unpaired) electrons. The van der Waals surface area contributed by atoms with E-state index in [0.717, 1.165) is 17.3 Å². The molecule has 0 aromatic heterocycles. The van der Waals surface area contributed by atoms with Gasteiger partial charge in [-0.25, -0.2) is 4.39 Å². The fourth-order valence-corrected chi connectivity index (χ4v) is 4.61. The average molecular weight is 562 g/mol. The minimum absolute atomic E-state index is 0.0157. The largest absolute Gasteiger partial charge is 0.508 e. The predicted molar refractivity (Wildman–Crippen MR) is 172 cm³/mol. The molecule has 1 saturated carbocycles. The molecule has 0 amide bonds. The Kier molecular flexibility index (Phi) is 13.9. The van der Waals surface area contributed by atoms with Crippen LogP contribution in [0.5, 0.6) is 5.75 Å². The van der Waals surface area contributed by atoms with Crippen molar-refractivity contribution in [3.63, 3.8) is 0 Å². The van der Waals surface area contributed by atoms with E-state index >= 15 is 0 Å². The van der Waals surface area contributed by atoms with Crippen molar-refractivity contribution in [3.8, 4) is 16.9 Å². The van der Waals surface area contributed by atoms with Crippen LogP contribution in [0, 0.1) is 12.7 Å². The van der Waals surface area contributed by atoms with E-state index in [4.69, 9.17) is 4.79 Å². The van der Waals surface area contributed by atoms with Gasteiger partial charge in [-0.3, -0.25) is 0 Å². The van der Waals surface area contributed by atoms with Gasteiger partial charge in [-0.15, -0.1) is 0 Å². The lowest BCUT2D eigenvalue weighted by molar-refractivity contribution is -0.0980. The molecule has 3 aromatic rings. The summed E-state index contributed by atoms with van der Waals surface area (Å²) in [5.74, 6) is 1.63. The molecule has 0 bridgehead atoms. The summed E-state index contributed by atoms with van der Waals surface area (Å²) in [5.41, 5.74) is 7.23. The number of halogens is 1. The van der Waals surface area contributed by atoms with Gasteiger partial charge in [0.2, 0.25) is 0 Å². The lowest BCUT2D eigenvalue weighted by atomic mass is 9.99. The maximum atomic E-state index is 13.7. The molecule has 3 N–H and O–H groups in total. The van der Waals surface area contributed by atoms with E-state index in [0.29, 0.717) is 17.0 Å². The number of nitrogens with one attached hydrogen (secondary N) is 2. The van der Waals surface area contributed by atoms with E-state index in [1.54, 1.807) is 18.6 Å². The number of allylic oxidation sites excluding steroid dienone is 1. The smallest absolute Gasteiger partial charge is 0.134 e. The van der Waals surface area contributed by atoms with Gasteiger partial charge >= 0.3 is 0 Å². The molecule has 0 spiro atoms. The predicted octanol–water partition coefficient (Wildman–Crippen LogP) is 9.10. The highest BCUT2D eigenvalue weighted by Gasteiger charge is 2.24. The summed E-state index contributed by atoms with van der Waals surface area (Å²) in [6, 6.07) is 19.3. The summed E-state index contributed by atoms with van der Waals surface area (Å²) in [6.45, 7) is 14.7. The maximum absolute atomic E-state index is 13.7. The molecule has 41 heavy (non-hydrogen) atoms. The summed E-state index contributed by atoms with van der Waals surface area (Å²) in [4.78, 5) is 10.5. The van der Waals surface area contributed by atoms with Gasteiger partial charge in [-0.05, 0) is 97.5 Å². The van der Waals surface area contributed by atoms with Crippen LogP contribution in [0.3, 0.4) is 0 Å². The van der Waals surface area contributed by atoms with Crippen LogP contribution >= 0.6 is 0 Å². The van der Waals surface area contributed by atoms with E-state index in [-0.39, 0.29) is 5.75 Å². The summed E-state index contributed by atoms with van der Waals surface area (Å²) < 4.78 is 13.7. The number of phenols is 1. The number of hydrogen-bond donors (Lipinski definition) is 3. The molecule has 1 unspecified atom stereocenters. The Hall–Kier alpha value is -3.80. The van der Waals surface area contributed by atoms with Gasteiger partial charge in [0.15, 0.2) is 0 Å². The summed E-state index contributed by atoms with van der Waals surface area (Å²) in [6.07, 6.45) is 6.44. The van der Waals surface area contributed by atoms with Crippen molar-refractivity contribution in [3.05, 3.63) is 89.0 Å². The number of phenolic OH excluding ortho intramolecular Hbond substituents is 1. The Bertz CT molecular complexity index is 1230. The quantitative estimate of drug-likeness (QED) is 0.268. The molecule has 1 aliphatic heterocycles. The molecule has 1 heterocycles. The maximum Gasteiger partial charge on any atom is 0.134 e. The number of carbonyl (C=O) groups excluding carboxylic acids is 1. The van der Waals surface area contributed by atoms with Crippen LogP contribution in [0.2, 0.25) is 0 Å². The lowest BCUT2D eigenvalue weighted by Gasteiger charge is -2.23. The molecule has 1 atom stereocenters. The molecule has 5 nitrogen and oxygen atoms in total. The van der Waals surface area contributed by atoms with Crippen LogP contribution in [0.4, 0.5) is 15.8 Å². The number of likely N-dealkylation sites (tertiary alicyclic amines) is 1. The van der Waals surface area contributed by atoms with Gasteiger partial charge < -0.3 is 25.4 Å². The first-order valence-corrected chi connectivity index (χ1v) is 14.8. The van der Waals surface area contributed by atoms with Crippen molar-refractivity contribution < 1.29 is 14.3 Å². The topological polar surface area (TPSA) is 64.6 Å². The fourth-order valence-electron chi connectivity index (χ4n) is 4.61. The molecule has 6 heteroatoms. The highest BCUT2D eigenvalue weighted by molar-refractivity contribution is 5.68. The molecular weight excluding hydrogens is 513 g/mol. The molecule has 3 aromatic carbocycles. The Morgan fingerprint density at radius 3 is 2.05 bits per heavy atom. The highest BCUT2D eigenvalue weighted by Crippen LogP contribution is 2.35. The van der Waals surface area contributed by atoms with Crippen LogP contribution in [0.15, 0.2) is 72.1 Å². The van der Waals surface area contributed by atoms with Crippen molar-refractivity contribution in [2.24, 2.45) is 0 Å². The number of anilines is 2. The van der Waals surface area contributed by atoms with Crippen LogP contribution in [-0.2, 0) is 4.79 Å². The molecular formula is C35H48FN3O2. The van der Waals surface area contributed by atoms with E-state index in [9.17, 15) is 9.50 Å². The zero-order valence-electron chi connectivity index (χ0n) is 25.7. The molecule has 2 fully saturated rings. The van der Waals surface area contributed by atoms with Crippen molar-refractivity contribution in [2.75, 3.05) is 30.8 Å². The Labute approximate surface area is 246 Å². The van der Waals surface area contributed by atoms with Crippen LogP contribution < -0.4 is 10.6 Å². The Balaban J connectivity index is 0.000000259. The number of benzene rings is 3. The van der Waals surface area contributed by atoms with Crippen molar-refractivity contribution in [1.82, 2.24) is 4.90 Å². The lowest BCUT2D eigenvalue weighted by Crippen LogP contribution is -2.24. The van der Waals surface area contributed by atoms with Crippen molar-refractivity contribution >= 4 is 18.2 Å². The highest BCUT2D eigenvalue weighted by atomic mass is 19.1. The number of aromatic hydroxyl groups is 1. The Morgan fingerprint density at radius 2 is 1.54 bits per heavy atom. The SMILES string of the molecule is C=O.CC.CCC(C)c1ccc(NC(=C2CC2)N2CCCC2)cc1.CNc1ccc(-c2cc(C)c(O)cc2F)cc1. The summed E-state index contributed by atoms with van der Waals surface area (Å²) in [5, 5.41) is 16.1. The van der Waals surface area contributed by atoms with Gasteiger partial charge in [0, 0.05) is 43.1 Å². The van der Waals surface area contributed by atoms with E-state index in [2.05, 4.69) is 53.6 Å². The second kappa shape index (κ2) is 17.1. The third-order valence-corrected chi connectivity index (χ3v) is 7.38. The second-order valence-corrected chi connectivity index (χ2v) is 10.1. The van der Waals surface area contributed by atoms with Gasteiger partial charge in [0.25, 0.3) is 0 Å². The molecule has 1 aliphatic carbocycles. The van der Waals surface area contributed by atoms with Gasteiger partial charge in [0.1, 0.15) is 24.2 Å². The first-order valence-electron chi connectivity index (χ1n) is 14.8. The second-order valence-electron chi connectivity index (χ2n) is 10.1. The monoisotopic (exact) mass is 561 g/mol. The van der Waals surface area contributed by atoms with Gasteiger partial charge in [-0.1, -0.05) is 52.0 Å². The summed E-state index contributed by atoms with van der Waals surface area (Å²) in [7, 11) is 1.83. The number of aryl methyl sites for hydroxylation is 1.